The molecule has 0 aliphatic heterocycles. The molecule has 0 aliphatic rings. The lowest BCUT2D eigenvalue weighted by Gasteiger charge is -2.08. The summed E-state index contributed by atoms with van der Waals surface area (Å²) in [5.41, 5.74) is 3.14. The molecule has 0 saturated heterocycles. The molecule has 0 fully saturated rings. The highest BCUT2D eigenvalue weighted by molar-refractivity contribution is 8.00. The minimum Gasteiger partial charge on any atom is -0.355 e. The van der Waals surface area contributed by atoms with E-state index in [0.29, 0.717) is 6.54 Å². The van der Waals surface area contributed by atoms with E-state index in [2.05, 4.69) is 21.4 Å². The first-order valence-electron chi connectivity index (χ1n) is 6.01. The minimum atomic E-state index is -0.147. The largest absolute Gasteiger partial charge is 0.355 e. The number of nitrogens with zero attached hydrogens (tertiary/aromatic N) is 1. The van der Waals surface area contributed by atoms with Gasteiger partial charge >= 0.3 is 0 Å². The van der Waals surface area contributed by atoms with Crippen LogP contribution in [0.4, 0.5) is 0 Å². The third-order valence-electron chi connectivity index (χ3n) is 2.62. The van der Waals surface area contributed by atoms with Crippen LogP contribution in [-0.4, -0.2) is 27.7 Å². The number of nitrogens with one attached hydrogen (secondary N) is 2. The fourth-order valence-corrected chi connectivity index (χ4v) is 2.54. The number of H-pyrrole nitrogens is 1. The summed E-state index contributed by atoms with van der Waals surface area (Å²) in [4.78, 5) is 19.3. The Kier molecular flexibility index (Phi) is 3.91. The lowest BCUT2D eigenvalue weighted by Crippen LogP contribution is -2.30. The van der Waals surface area contributed by atoms with E-state index in [0.717, 1.165) is 16.2 Å². The lowest BCUT2D eigenvalue weighted by molar-refractivity contribution is -0.120. The van der Waals surface area contributed by atoms with Crippen LogP contribution in [0.5, 0.6) is 0 Å². The molecule has 1 heterocycles. The van der Waals surface area contributed by atoms with Crippen LogP contribution in [0.2, 0.25) is 0 Å². The van der Waals surface area contributed by atoms with Gasteiger partial charge in [-0.2, -0.15) is 0 Å². The number of aromatic nitrogens is 2. The Bertz CT molecular complexity index is 564. The van der Waals surface area contributed by atoms with Crippen molar-refractivity contribution < 1.29 is 4.79 Å². The van der Waals surface area contributed by atoms with Gasteiger partial charge < -0.3 is 10.3 Å². The van der Waals surface area contributed by atoms with Crippen molar-refractivity contribution >= 4 is 28.7 Å². The van der Waals surface area contributed by atoms with Gasteiger partial charge in [-0.15, -0.1) is 0 Å². The molecule has 0 spiro atoms. The summed E-state index contributed by atoms with van der Waals surface area (Å²) in [5, 5.41) is 3.45. The first kappa shape index (κ1) is 13.0. The number of rotatable bonds is 4. The van der Waals surface area contributed by atoms with Gasteiger partial charge in [0.25, 0.3) is 0 Å². The summed E-state index contributed by atoms with van der Waals surface area (Å²) >= 11 is 1.44. The zero-order valence-corrected chi connectivity index (χ0v) is 11.6. The molecule has 1 unspecified atom stereocenters. The molecule has 0 saturated carbocycles. The first-order chi connectivity index (χ1) is 8.60. The van der Waals surface area contributed by atoms with Crippen molar-refractivity contribution in [3.63, 3.8) is 0 Å². The number of aromatic amines is 1. The van der Waals surface area contributed by atoms with Crippen molar-refractivity contribution in [1.29, 1.82) is 0 Å². The molecular formula is C13H17N3OS. The van der Waals surface area contributed by atoms with E-state index in [9.17, 15) is 4.79 Å². The maximum absolute atomic E-state index is 11.6. The Balaban J connectivity index is 2.14. The highest BCUT2D eigenvalue weighted by Crippen LogP contribution is 2.23. The molecule has 0 bridgehead atoms. The van der Waals surface area contributed by atoms with E-state index in [1.807, 2.05) is 32.9 Å². The van der Waals surface area contributed by atoms with Crippen LogP contribution in [-0.2, 0) is 4.79 Å². The Hall–Kier alpha value is -1.49. The number of hydrogen-bond acceptors (Lipinski definition) is 3. The summed E-state index contributed by atoms with van der Waals surface area (Å²) in [6, 6.07) is 6.08. The molecule has 1 atom stereocenters. The Morgan fingerprint density at radius 2 is 2.33 bits per heavy atom. The Morgan fingerprint density at radius 3 is 3.06 bits per heavy atom. The molecule has 18 heavy (non-hydrogen) atoms. The van der Waals surface area contributed by atoms with Crippen molar-refractivity contribution in [2.75, 3.05) is 6.54 Å². The highest BCUT2D eigenvalue weighted by Gasteiger charge is 2.15. The number of fused-ring (bicyclic) bond motifs is 1. The smallest absolute Gasteiger partial charge is 0.233 e. The Morgan fingerprint density at radius 1 is 1.56 bits per heavy atom. The van der Waals surface area contributed by atoms with Gasteiger partial charge in [-0.3, -0.25) is 4.79 Å². The van der Waals surface area contributed by atoms with E-state index in [4.69, 9.17) is 0 Å². The van der Waals surface area contributed by atoms with Gasteiger partial charge in [0, 0.05) is 6.54 Å². The van der Waals surface area contributed by atoms with E-state index >= 15 is 0 Å². The van der Waals surface area contributed by atoms with Gasteiger partial charge in [0.2, 0.25) is 5.91 Å². The van der Waals surface area contributed by atoms with Crippen LogP contribution < -0.4 is 5.32 Å². The number of benzene rings is 1. The third-order valence-corrected chi connectivity index (χ3v) is 3.61. The molecule has 2 aromatic rings. The van der Waals surface area contributed by atoms with Crippen LogP contribution in [0.3, 0.4) is 0 Å². The van der Waals surface area contributed by atoms with Gasteiger partial charge in [-0.1, -0.05) is 17.8 Å². The number of hydrogen-bond donors (Lipinski definition) is 2. The zero-order chi connectivity index (χ0) is 13.1. The van der Waals surface area contributed by atoms with Gasteiger partial charge in [-0.05, 0) is 38.5 Å². The van der Waals surface area contributed by atoms with E-state index in [1.54, 1.807) is 0 Å². The second-order valence-electron chi connectivity index (χ2n) is 4.22. The summed E-state index contributed by atoms with van der Waals surface area (Å²) in [7, 11) is 0. The molecular weight excluding hydrogens is 246 g/mol. The molecule has 96 valence electrons. The van der Waals surface area contributed by atoms with Crippen LogP contribution >= 0.6 is 11.8 Å². The number of aryl methyl sites for hydroxylation is 1. The third kappa shape index (κ3) is 2.85. The first-order valence-corrected chi connectivity index (χ1v) is 6.89. The topological polar surface area (TPSA) is 57.8 Å². The van der Waals surface area contributed by atoms with Gasteiger partial charge in [0.1, 0.15) is 0 Å². The van der Waals surface area contributed by atoms with Crippen LogP contribution in [0.1, 0.15) is 19.4 Å². The van der Waals surface area contributed by atoms with Crippen molar-refractivity contribution in [1.82, 2.24) is 15.3 Å². The fraction of sp³-hybridized carbons (Fsp3) is 0.385. The number of amides is 1. The maximum Gasteiger partial charge on any atom is 0.233 e. The van der Waals surface area contributed by atoms with Crippen LogP contribution in [0, 0.1) is 6.92 Å². The SMILES string of the molecule is CCNC(=O)C(C)Sc1nc2ccc(C)cc2[nH]1. The number of carbonyl (C=O) groups excluding carboxylic acids is 1. The van der Waals surface area contributed by atoms with E-state index in [-0.39, 0.29) is 11.2 Å². The van der Waals surface area contributed by atoms with Gasteiger partial charge in [0.15, 0.2) is 5.16 Å². The van der Waals surface area contributed by atoms with E-state index < -0.39 is 0 Å². The Labute approximate surface area is 111 Å². The molecule has 1 amide bonds. The number of carbonyl (C=O) groups is 1. The quantitative estimate of drug-likeness (QED) is 0.833. The molecule has 0 aliphatic carbocycles. The molecule has 1 aromatic carbocycles. The summed E-state index contributed by atoms with van der Waals surface area (Å²) in [6.07, 6.45) is 0. The van der Waals surface area contributed by atoms with Gasteiger partial charge in [-0.25, -0.2) is 4.98 Å². The number of imidazole rings is 1. The van der Waals surface area contributed by atoms with Crippen LogP contribution in [0.15, 0.2) is 23.4 Å². The minimum absolute atomic E-state index is 0.0409. The lowest BCUT2D eigenvalue weighted by atomic mass is 10.2. The average Bonchev–Trinajstić information content (AvgIpc) is 2.70. The monoisotopic (exact) mass is 263 g/mol. The van der Waals surface area contributed by atoms with Crippen molar-refractivity contribution in [2.45, 2.75) is 31.2 Å². The van der Waals surface area contributed by atoms with Crippen LogP contribution in [0.25, 0.3) is 11.0 Å². The van der Waals surface area contributed by atoms with Gasteiger partial charge in [0.05, 0.1) is 16.3 Å². The summed E-state index contributed by atoms with van der Waals surface area (Å²) < 4.78 is 0. The molecule has 1 aromatic heterocycles. The molecule has 0 radical (unpaired) electrons. The molecule has 2 rings (SSSR count). The normalized spacial score (nSPS) is 12.6. The maximum atomic E-state index is 11.6. The number of thioether (sulfide) groups is 1. The summed E-state index contributed by atoms with van der Waals surface area (Å²) in [6.45, 7) is 6.50. The fourth-order valence-electron chi connectivity index (χ4n) is 1.69. The predicted octanol–water partition coefficient (Wildman–Crippen LogP) is 2.49. The second kappa shape index (κ2) is 5.44. The molecule has 4 nitrogen and oxygen atoms in total. The van der Waals surface area contributed by atoms with Crippen molar-refractivity contribution in [2.24, 2.45) is 0 Å². The summed E-state index contributed by atoms with van der Waals surface area (Å²) in [5.74, 6) is 0.0409. The van der Waals surface area contributed by atoms with Crippen molar-refractivity contribution in [3.05, 3.63) is 23.8 Å². The molecule has 5 heteroatoms. The average molecular weight is 263 g/mol. The standard InChI is InChI=1S/C13H17N3OS/c1-4-14-12(17)9(3)18-13-15-10-6-5-8(2)7-11(10)16-13/h5-7,9H,4H2,1-3H3,(H,14,17)(H,15,16). The zero-order valence-electron chi connectivity index (χ0n) is 10.8. The van der Waals surface area contributed by atoms with E-state index in [1.165, 1.54) is 17.3 Å². The predicted molar refractivity (Wildman–Crippen MR) is 74.8 cm³/mol. The molecule has 2 N–H and O–H groups in total. The van der Waals surface area contributed by atoms with Crippen molar-refractivity contribution in [3.8, 4) is 0 Å². The highest BCUT2D eigenvalue weighted by atomic mass is 32.2. The second-order valence-corrected chi connectivity index (χ2v) is 5.55.